The van der Waals surface area contributed by atoms with E-state index in [0.29, 0.717) is 32.7 Å². The number of hydrogen-bond donors (Lipinski definition) is 2. The molecule has 1 aromatic rings. The SMILES string of the molecule is Cc1ccc(CC(=O)NCCOCCN)cc1. The lowest BCUT2D eigenvalue weighted by molar-refractivity contribution is -0.120. The van der Waals surface area contributed by atoms with Crippen LogP contribution in [0.15, 0.2) is 24.3 Å². The van der Waals surface area contributed by atoms with Crippen LogP contribution in [-0.2, 0) is 16.0 Å². The van der Waals surface area contributed by atoms with Crippen LogP contribution in [0.2, 0.25) is 0 Å². The van der Waals surface area contributed by atoms with Crippen LogP contribution in [0.5, 0.6) is 0 Å². The van der Waals surface area contributed by atoms with Crippen LogP contribution in [0.3, 0.4) is 0 Å². The lowest BCUT2D eigenvalue weighted by Crippen LogP contribution is -2.29. The summed E-state index contributed by atoms with van der Waals surface area (Å²) >= 11 is 0. The molecule has 0 spiro atoms. The number of aryl methyl sites for hydroxylation is 1. The summed E-state index contributed by atoms with van der Waals surface area (Å²) in [4.78, 5) is 11.5. The van der Waals surface area contributed by atoms with E-state index in [-0.39, 0.29) is 5.91 Å². The molecular formula is C13H20N2O2. The van der Waals surface area contributed by atoms with E-state index in [0.717, 1.165) is 5.56 Å². The number of carbonyl (C=O) groups excluding carboxylic acids is 1. The molecule has 0 saturated carbocycles. The van der Waals surface area contributed by atoms with Crippen molar-refractivity contribution in [1.29, 1.82) is 0 Å². The van der Waals surface area contributed by atoms with Crippen molar-refractivity contribution in [2.24, 2.45) is 5.73 Å². The number of benzene rings is 1. The fraction of sp³-hybridized carbons (Fsp3) is 0.462. The van der Waals surface area contributed by atoms with Gasteiger partial charge in [0.15, 0.2) is 0 Å². The maximum Gasteiger partial charge on any atom is 0.224 e. The number of carbonyl (C=O) groups is 1. The zero-order valence-corrected chi connectivity index (χ0v) is 10.2. The Morgan fingerprint density at radius 2 is 2.00 bits per heavy atom. The van der Waals surface area contributed by atoms with Crippen LogP contribution in [-0.4, -0.2) is 32.2 Å². The predicted molar refractivity (Wildman–Crippen MR) is 67.8 cm³/mol. The Morgan fingerprint density at radius 1 is 1.29 bits per heavy atom. The molecule has 0 bridgehead atoms. The monoisotopic (exact) mass is 236 g/mol. The molecule has 0 aliphatic carbocycles. The van der Waals surface area contributed by atoms with Gasteiger partial charge in [0.2, 0.25) is 5.91 Å². The number of rotatable bonds is 7. The Balaban J connectivity index is 2.18. The minimum Gasteiger partial charge on any atom is -0.378 e. The molecule has 0 aromatic heterocycles. The minimum absolute atomic E-state index is 0.0187. The molecular weight excluding hydrogens is 216 g/mol. The standard InChI is InChI=1S/C13H20N2O2/c1-11-2-4-12(5-3-11)10-13(16)15-7-9-17-8-6-14/h2-5H,6-10,14H2,1H3,(H,15,16). The summed E-state index contributed by atoms with van der Waals surface area (Å²) in [5, 5.41) is 2.80. The molecule has 1 rings (SSSR count). The number of amides is 1. The van der Waals surface area contributed by atoms with Crippen molar-refractivity contribution >= 4 is 5.91 Å². The van der Waals surface area contributed by atoms with Gasteiger partial charge in [0, 0.05) is 13.1 Å². The first kappa shape index (κ1) is 13.7. The molecule has 0 aliphatic heterocycles. The number of nitrogens with two attached hydrogens (primary N) is 1. The van der Waals surface area contributed by atoms with Crippen molar-refractivity contribution in [3.05, 3.63) is 35.4 Å². The van der Waals surface area contributed by atoms with Gasteiger partial charge >= 0.3 is 0 Å². The van der Waals surface area contributed by atoms with Crippen molar-refractivity contribution in [3.8, 4) is 0 Å². The maximum absolute atomic E-state index is 11.5. The van der Waals surface area contributed by atoms with E-state index in [2.05, 4.69) is 5.32 Å². The van der Waals surface area contributed by atoms with Crippen LogP contribution >= 0.6 is 0 Å². The smallest absolute Gasteiger partial charge is 0.224 e. The van der Waals surface area contributed by atoms with E-state index in [4.69, 9.17) is 10.5 Å². The highest BCUT2D eigenvalue weighted by atomic mass is 16.5. The average Bonchev–Trinajstić information content (AvgIpc) is 2.32. The van der Waals surface area contributed by atoms with Crippen molar-refractivity contribution in [3.63, 3.8) is 0 Å². The quantitative estimate of drug-likeness (QED) is 0.682. The first-order valence-corrected chi connectivity index (χ1v) is 5.82. The van der Waals surface area contributed by atoms with Gasteiger partial charge in [0.25, 0.3) is 0 Å². The van der Waals surface area contributed by atoms with Gasteiger partial charge in [-0.25, -0.2) is 0 Å². The van der Waals surface area contributed by atoms with Crippen molar-refractivity contribution < 1.29 is 9.53 Å². The molecule has 0 aliphatic rings. The molecule has 0 unspecified atom stereocenters. The summed E-state index contributed by atoms with van der Waals surface area (Å²) in [6, 6.07) is 7.96. The third-order valence-corrected chi connectivity index (χ3v) is 2.32. The summed E-state index contributed by atoms with van der Waals surface area (Å²) in [7, 11) is 0. The average molecular weight is 236 g/mol. The lowest BCUT2D eigenvalue weighted by atomic mass is 10.1. The zero-order chi connectivity index (χ0) is 12.5. The Morgan fingerprint density at radius 3 is 2.65 bits per heavy atom. The van der Waals surface area contributed by atoms with Crippen LogP contribution < -0.4 is 11.1 Å². The van der Waals surface area contributed by atoms with Gasteiger partial charge in [-0.05, 0) is 12.5 Å². The maximum atomic E-state index is 11.5. The molecule has 94 valence electrons. The van der Waals surface area contributed by atoms with Gasteiger partial charge in [0.05, 0.1) is 19.6 Å². The van der Waals surface area contributed by atoms with E-state index >= 15 is 0 Å². The number of hydrogen-bond acceptors (Lipinski definition) is 3. The molecule has 0 radical (unpaired) electrons. The van der Waals surface area contributed by atoms with Crippen molar-refractivity contribution in [2.45, 2.75) is 13.3 Å². The van der Waals surface area contributed by atoms with Crippen LogP contribution in [0.1, 0.15) is 11.1 Å². The van der Waals surface area contributed by atoms with Gasteiger partial charge in [-0.1, -0.05) is 29.8 Å². The fourth-order valence-corrected chi connectivity index (χ4v) is 1.40. The first-order valence-electron chi connectivity index (χ1n) is 5.82. The topological polar surface area (TPSA) is 64.3 Å². The Bertz CT molecular complexity index is 336. The Hall–Kier alpha value is -1.39. The van der Waals surface area contributed by atoms with Crippen molar-refractivity contribution in [2.75, 3.05) is 26.3 Å². The fourth-order valence-electron chi connectivity index (χ4n) is 1.40. The Labute approximate surface area is 102 Å². The van der Waals surface area contributed by atoms with E-state index in [9.17, 15) is 4.79 Å². The second-order valence-corrected chi connectivity index (χ2v) is 3.91. The molecule has 3 N–H and O–H groups in total. The van der Waals surface area contributed by atoms with Gasteiger partial charge < -0.3 is 15.8 Å². The molecule has 4 nitrogen and oxygen atoms in total. The second-order valence-electron chi connectivity index (χ2n) is 3.91. The summed E-state index contributed by atoms with van der Waals surface area (Å²) < 4.78 is 5.16. The van der Waals surface area contributed by atoms with Crippen molar-refractivity contribution in [1.82, 2.24) is 5.32 Å². The van der Waals surface area contributed by atoms with Crippen LogP contribution in [0, 0.1) is 6.92 Å². The summed E-state index contributed by atoms with van der Waals surface area (Å²) in [6.45, 7) is 4.12. The minimum atomic E-state index is 0.0187. The normalized spacial score (nSPS) is 10.2. The van der Waals surface area contributed by atoms with Crippen LogP contribution in [0.25, 0.3) is 0 Å². The highest BCUT2D eigenvalue weighted by Gasteiger charge is 2.02. The molecule has 17 heavy (non-hydrogen) atoms. The molecule has 4 heteroatoms. The molecule has 1 amide bonds. The molecule has 0 saturated heterocycles. The Kier molecular flexibility index (Phi) is 6.29. The van der Waals surface area contributed by atoms with Gasteiger partial charge in [-0.2, -0.15) is 0 Å². The van der Waals surface area contributed by atoms with Gasteiger partial charge in [0.1, 0.15) is 0 Å². The molecule has 0 heterocycles. The van der Waals surface area contributed by atoms with Gasteiger partial charge in [-0.3, -0.25) is 4.79 Å². The number of ether oxygens (including phenoxy) is 1. The van der Waals surface area contributed by atoms with E-state index in [1.165, 1.54) is 5.56 Å². The highest BCUT2D eigenvalue weighted by Crippen LogP contribution is 2.03. The van der Waals surface area contributed by atoms with Gasteiger partial charge in [-0.15, -0.1) is 0 Å². The van der Waals surface area contributed by atoms with E-state index in [1.807, 2.05) is 31.2 Å². The molecule has 0 atom stereocenters. The van der Waals surface area contributed by atoms with E-state index in [1.54, 1.807) is 0 Å². The third kappa shape index (κ3) is 6.04. The highest BCUT2D eigenvalue weighted by molar-refractivity contribution is 5.78. The third-order valence-electron chi connectivity index (χ3n) is 2.32. The zero-order valence-electron chi connectivity index (χ0n) is 10.2. The second kappa shape index (κ2) is 7.81. The van der Waals surface area contributed by atoms with E-state index < -0.39 is 0 Å². The summed E-state index contributed by atoms with van der Waals surface area (Å²) in [5.41, 5.74) is 7.50. The lowest BCUT2D eigenvalue weighted by Gasteiger charge is -2.06. The summed E-state index contributed by atoms with van der Waals surface area (Å²) in [6.07, 6.45) is 0.414. The summed E-state index contributed by atoms with van der Waals surface area (Å²) in [5.74, 6) is 0.0187. The largest absolute Gasteiger partial charge is 0.378 e. The molecule has 1 aromatic carbocycles. The predicted octanol–water partition coefficient (Wildman–Crippen LogP) is 0.629. The first-order chi connectivity index (χ1) is 8.22. The molecule has 0 fully saturated rings. The number of nitrogens with one attached hydrogen (secondary N) is 1. The van der Waals surface area contributed by atoms with Crippen LogP contribution in [0.4, 0.5) is 0 Å².